The molecule has 0 atom stereocenters. The minimum Gasteiger partial charge on any atom is -0.495 e. The van der Waals surface area contributed by atoms with Crippen LogP contribution in [0.1, 0.15) is 6.92 Å². The van der Waals surface area contributed by atoms with E-state index in [1.165, 1.54) is 26.2 Å². The minimum absolute atomic E-state index is 0.0413. The summed E-state index contributed by atoms with van der Waals surface area (Å²) >= 11 is 0. The first kappa shape index (κ1) is 23.2. The van der Waals surface area contributed by atoms with Crippen LogP contribution in [0.3, 0.4) is 0 Å². The monoisotopic (exact) mass is 458 g/mol. The summed E-state index contributed by atoms with van der Waals surface area (Å²) in [4.78, 5) is 10.1. The predicted octanol–water partition coefficient (Wildman–Crippen LogP) is 2.60. The van der Waals surface area contributed by atoms with Crippen molar-refractivity contribution in [1.82, 2.24) is 0 Å². The molecule has 0 fully saturated rings. The van der Waals surface area contributed by atoms with E-state index in [1.807, 2.05) is 0 Å². The highest BCUT2D eigenvalue weighted by atomic mass is 32.2. The SMILES string of the molecule is CNc1cc(NC(C)=O)c(N=Nc2cc(S(=O)(=O)O)ccc2S(=O)(=O)O)cc1OC. The average molecular weight is 458 g/mol. The lowest BCUT2D eigenvalue weighted by Gasteiger charge is -2.13. The maximum atomic E-state index is 11.6. The first-order chi connectivity index (χ1) is 13.9. The average Bonchev–Trinajstić information content (AvgIpc) is 2.64. The summed E-state index contributed by atoms with van der Waals surface area (Å²) in [5.74, 6) is -0.104. The highest BCUT2D eigenvalue weighted by molar-refractivity contribution is 7.86. The summed E-state index contributed by atoms with van der Waals surface area (Å²) in [6.07, 6.45) is 0. The van der Waals surface area contributed by atoms with Gasteiger partial charge < -0.3 is 15.4 Å². The number of ether oxygens (including phenoxy) is 1. The second-order valence-corrected chi connectivity index (χ2v) is 8.59. The van der Waals surface area contributed by atoms with Gasteiger partial charge in [0.05, 0.1) is 23.4 Å². The van der Waals surface area contributed by atoms with E-state index < -0.39 is 41.6 Å². The predicted molar refractivity (Wildman–Crippen MR) is 107 cm³/mol. The molecule has 0 aliphatic heterocycles. The Balaban J connectivity index is 2.69. The lowest BCUT2D eigenvalue weighted by atomic mass is 10.2. The Morgan fingerprint density at radius 3 is 2.10 bits per heavy atom. The van der Waals surface area contributed by atoms with Crippen molar-refractivity contribution in [2.45, 2.75) is 16.7 Å². The first-order valence-electron chi connectivity index (χ1n) is 8.05. The summed E-state index contributed by atoms with van der Waals surface area (Å²) in [7, 11) is -6.45. The van der Waals surface area contributed by atoms with Crippen LogP contribution < -0.4 is 15.4 Å². The molecule has 0 aromatic heterocycles. The van der Waals surface area contributed by atoms with Crippen LogP contribution >= 0.6 is 0 Å². The Morgan fingerprint density at radius 2 is 1.60 bits per heavy atom. The van der Waals surface area contributed by atoms with Crippen molar-refractivity contribution in [2.24, 2.45) is 10.2 Å². The van der Waals surface area contributed by atoms with E-state index in [9.17, 15) is 30.7 Å². The van der Waals surface area contributed by atoms with E-state index >= 15 is 0 Å². The molecule has 2 rings (SSSR count). The van der Waals surface area contributed by atoms with Crippen LogP contribution in [0.5, 0.6) is 5.75 Å². The first-order valence-corrected chi connectivity index (χ1v) is 10.9. The van der Waals surface area contributed by atoms with Crippen LogP contribution in [-0.2, 0) is 25.0 Å². The van der Waals surface area contributed by atoms with Crippen molar-refractivity contribution in [3.05, 3.63) is 30.3 Å². The molecule has 30 heavy (non-hydrogen) atoms. The number of hydrogen-bond acceptors (Lipinski definition) is 9. The molecule has 0 unspecified atom stereocenters. The van der Waals surface area contributed by atoms with Crippen LogP contribution in [0.25, 0.3) is 0 Å². The number of nitrogens with zero attached hydrogens (tertiary/aromatic N) is 2. The van der Waals surface area contributed by atoms with Gasteiger partial charge in [0.2, 0.25) is 5.91 Å². The molecular weight excluding hydrogens is 440 g/mol. The lowest BCUT2D eigenvalue weighted by molar-refractivity contribution is -0.114. The third-order valence-electron chi connectivity index (χ3n) is 3.67. The molecule has 2 aromatic rings. The van der Waals surface area contributed by atoms with E-state index in [4.69, 9.17) is 4.74 Å². The highest BCUT2D eigenvalue weighted by Gasteiger charge is 2.20. The van der Waals surface area contributed by atoms with Gasteiger partial charge in [-0.1, -0.05) is 0 Å². The summed E-state index contributed by atoms with van der Waals surface area (Å²) in [6.45, 7) is 1.26. The van der Waals surface area contributed by atoms with Crippen LogP contribution in [0.2, 0.25) is 0 Å². The lowest BCUT2D eigenvalue weighted by Crippen LogP contribution is -2.07. The number of anilines is 2. The number of amides is 1. The molecule has 0 saturated heterocycles. The zero-order chi connectivity index (χ0) is 22.7. The Labute approximate surface area is 172 Å². The molecule has 0 bridgehead atoms. The second-order valence-electron chi connectivity index (χ2n) is 5.78. The molecule has 12 nitrogen and oxygen atoms in total. The van der Waals surface area contributed by atoms with Gasteiger partial charge >= 0.3 is 0 Å². The van der Waals surface area contributed by atoms with Crippen molar-refractivity contribution in [3.63, 3.8) is 0 Å². The van der Waals surface area contributed by atoms with Gasteiger partial charge in [-0.05, 0) is 24.3 Å². The normalized spacial score (nSPS) is 12.0. The Bertz CT molecular complexity index is 1220. The molecule has 4 N–H and O–H groups in total. The largest absolute Gasteiger partial charge is 0.495 e. The molecule has 14 heteroatoms. The molecule has 162 valence electrons. The number of methoxy groups -OCH3 is 1. The molecular formula is C16H18N4O8S2. The Hall–Kier alpha value is -3.07. The number of carbonyl (C=O) groups excluding carboxylic acids is 1. The molecule has 0 radical (unpaired) electrons. The number of benzene rings is 2. The van der Waals surface area contributed by atoms with Gasteiger partial charge in [0.15, 0.2) is 0 Å². The number of hydrogen-bond donors (Lipinski definition) is 4. The summed E-state index contributed by atoms with van der Waals surface area (Å²) in [5, 5.41) is 12.9. The zero-order valence-electron chi connectivity index (χ0n) is 15.9. The van der Waals surface area contributed by atoms with Crippen LogP contribution in [0.4, 0.5) is 22.7 Å². The van der Waals surface area contributed by atoms with Gasteiger partial charge in [-0.3, -0.25) is 13.9 Å². The standard InChI is InChI=1S/C16H18N4O8S2/c1-9(21)18-11-7-13(17-2)15(28-3)8-12(11)19-20-14-6-10(29(22,23)24)4-5-16(14)30(25,26)27/h4-8,17H,1-3H3,(H,18,21)(H,22,23,24)(H,25,26,27). The Morgan fingerprint density at radius 1 is 0.967 bits per heavy atom. The fourth-order valence-corrected chi connectivity index (χ4v) is 3.47. The molecule has 1 amide bonds. The summed E-state index contributed by atoms with van der Waals surface area (Å²) in [5.41, 5.74) is 0.181. The van der Waals surface area contributed by atoms with Crippen molar-refractivity contribution < 1.29 is 35.5 Å². The molecule has 0 heterocycles. The second kappa shape index (κ2) is 8.74. The number of nitrogens with one attached hydrogen (secondary N) is 2. The van der Waals surface area contributed by atoms with Gasteiger partial charge in [0.25, 0.3) is 20.2 Å². The fourth-order valence-electron chi connectivity index (χ4n) is 2.37. The van der Waals surface area contributed by atoms with Crippen LogP contribution in [-0.4, -0.2) is 46.0 Å². The summed E-state index contributed by atoms with van der Waals surface area (Å²) in [6, 6.07) is 5.14. The van der Waals surface area contributed by atoms with Crippen molar-refractivity contribution in [1.29, 1.82) is 0 Å². The van der Waals surface area contributed by atoms with E-state index in [1.54, 1.807) is 7.05 Å². The van der Waals surface area contributed by atoms with Gasteiger partial charge in [-0.2, -0.15) is 16.8 Å². The Kier molecular flexibility index (Phi) is 6.77. The van der Waals surface area contributed by atoms with Gasteiger partial charge in [-0.25, -0.2) is 0 Å². The number of rotatable bonds is 7. The minimum atomic E-state index is -4.79. The van der Waals surface area contributed by atoms with Crippen LogP contribution in [0.15, 0.2) is 50.4 Å². The highest BCUT2D eigenvalue weighted by Crippen LogP contribution is 2.38. The zero-order valence-corrected chi connectivity index (χ0v) is 17.6. The smallest absolute Gasteiger partial charge is 0.296 e. The maximum Gasteiger partial charge on any atom is 0.296 e. The van der Waals surface area contributed by atoms with E-state index in [0.717, 1.165) is 18.2 Å². The molecule has 0 saturated carbocycles. The van der Waals surface area contributed by atoms with Gasteiger partial charge in [-0.15, -0.1) is 10.2 Å². The van der Waals surface area contributed by atoms with Crippen molar-refractivity contribution in [3.8, 4) is 5.75 Å². The van der Waals surface area contributed by atoms with Crippen LogP contribution in [0, 0.1) is 0 Å². The van der Waals surface area contributed by atoms with E-state index in [2.05, 4.69) is 20.9 Å². The molecule has 0 spiro atoms. The topological polar surface area (TPSA) is 184 Å². The van der Waals surface area contributed by atoms with E-state index in [0.29, 0.717) is 11.4 Å². The van der Waals surface area contributed by atoms with Crippen molar-refractivity contribution >= 4 is 48.9 Å². The fraction of sp³-hybridized carbons (Fsp3) is 0.188. The quantitative estimate of drug-likeness (QED) is 0.357. The summed E-state index contributed by atoms with van der Waals surface area (Å²) < 4.78 is 69.6. The van der Waals surface area contributed by atoms with Crippen molar-refractivity contribution in [2.75, 3.05) is 24.8 Å². The van der Waals surface area contributed by atoms with E-state index in [-0.39, 0.29) is 11.4 Å². The molecule has 0 aliphatic carbocycles. The third kappa shape index (κ3) is 5.50. The number of azo groups is 1. The third-order valence-corrected chi connectivity index (χ3v) is 5.42. The molecule has 2 aromatic carbocycles. The van der Waals surface area contributed by atoms with Gasteiger partial charge in [0.1, 0.15) is 22.0 Å². The maximum absolute atomic E-state index is 11.6. The molecule has 0 aliphatic rings. The van der Waals surface area contributed by atoms with Gasteiger partial charge in [0, 0.05) is 20.0 Å². The number of carbonyl (C=O) groups is 1.